The van der Waals surface area contributed by atoms with Gasteiger partial charge in [-0.25, -0.2) is 4.98 Å². The van der Waals surface area contributed by atoms with Crippen molar-refractivity contribution in [2.24, 2.45) is 5.73 Å². The predicted octanol–water partition coefficient (Wildman–Crippen LogP) is 0.591. The minimum atomic E-state index is 0.0692. The lowest BCUT2D eigenvalue weighted by Crippen LogP contribution is -2.32. The summed E-state index contributed by atoms with van der Waals surface area (Å²) in [5.74, 6) is 0.905. The number of aromatic nitrogens is 1. The minimum Gasteiger partial charge on any atom is -0.384 e. The third kappa shape index (κ3) is 2.14. The number of nitrogens with one attached hydrogen (secondary N) is 1. The monoisotopic (exact) mass is 220 g/mol. The van der Waals surface area contributed by atoms with Crippen molar-refractivity contribution in [1.29, 1.82) is 5.41 Å². The molecule has 0 radical (unpaired) electrons. The molecular formula is C11H16N4O. The van der Waals surface area contributed by atoms with Crippen molar-refractivity contribution in [2.75, 3.05) is 25.2 Å². The van der Waals surface area contributed by atoms with Crippen LogP contribution in [0.5, 0.6) is 0 Å². The third-order valence-electron chi connectivity index (χ3n) is 2.87. The molecule has 3 N–H and O–H groups in total. The van der Waals surface area contributed by atoms with Gasteiger partial charge in [0.05, 0.1) is 12.6 Å². The van der Waals surface area contributed by atoms with Gasteiger partial charge in [-0.15, -0.1) is 0 Å². The molecule has 1 atom stereocenters. The zero-order valence-electron chi connectivity index (χ0n) is 9.31. The average Bonchev–Trinajstić information content (AvgIpc) is 2.81. The van der Waals surface area contributed by atoms with Crippen LogP contribution in [-0.2, 0) is 4.74 Å². The molecule has 2 rings (SSSR count). The fourth-order valence-electron chi connectivity index (χ4n) is 1.79. The standard InChI is InChI=1S/C11H16N4O/c1-15(9-3-5-16-7-9)10-6-8(11(12)13)2-4-14-10/h2,4,6,9H,3,5,7H2,1H3,(H3,12,13). The molecule has 1 aromatic heterocycles. The van der Waals surface area contributed by atoms with Gasteiger partial charge in [0.1, 0.15) is 11.7 Å². The van der Waals surface area contributed by atoms with E-state index in [0.717, 1.165) is 25.5 Å². The highest BCUT2D eigenvalue weighted by Gasteiger charge is 2.21. The summed E-state index contributed by atoms with van der Waals surface area (Å²) in [6.45, 7) is 1.55. The number of anilines is 1. The Balaban J connectivity index is 2.18. The molecule has 5 heteroatoms. The summed E-state index contributed by atoms with van der Waals surface area (Å²) >= 11 is 0. The molecule has 5 nitrogen and oxygen atoms in total. The quantitative estimate of drug-likeness (QED) is 0.577. The van der Waals surface area contributed by atoms with Crippen LogP contribution in [0, 0.1) is 5.41 Å². The predicted molar refractivity (Wildman–Crippen MR) is 62.9 cm³/mol. The van der Waals surface area contributed by atoms with Gasteiger partial charge in [0.15, 0.2) is 0 Å². The Morgan fingerprint density at radius 2 is 2.50 bits per heavy atom. The summed E-state index contributed by atoms with van der Waals surface area (Å²) in [5.41, 5.74) is 6.15. The molecule has 2 heterocycles. The molecular weight excluding hydrogens is 204 g/mol. The lowest BCUT2D eigenvalue weighted by Gasteiger charge is -2.24. The largest absolute Gasteiger partial charge is 0.384 e. The van der Waals surface area contributed by atoms with Gasteiger partial charge in [-0.3, -0.25) is 5.41 Å². The van der Waals surface area contributed by atoms with Crippen LogP contribution in [0.25, 0.3) is 0 Å². The molecule has 1 fully saturated rings. The van der Waals surface area contributed by atoms with E-state index in [0.29, 0.717) is 11.6 Å². The number of likely N-dealkylation sites (N-methyl/N-ethyl adjacent to an activating group) is 1. The summed E-state index contributed by atoms with van der Waals surface area (Å²) in [7, 11) is 1.99. The lowest BCUT2D eigenvalue weighted by molar-refractivity contribution is 0.193. The molecule has 16 heavy (non-hydrogen) atoms. The first kappa shape index (κ1) is 10.9. The van der Waals surface area contributed by atoms with E-state index in [4.69, 9.17) is 15.9 Å². The Morgan fingerprint density at radius 3 is 3.12 bits per heavy atom. The maximum Gasteiger partial charge on any atom is 0.129 e. The molecule has 0 bridgehead atoms. The third-order valence-corrected chi connectivity index (χ3v) is 2.87. The number of nitrogens with zero attached hydrogens (tertiary/aromatic N) is 2. The molecule has 0 amide bonds. The Kier molecular flexibility index (Phi) is 3.05. The van der Waals surface area contributed by atoms with Gasteiger partial charge < -0.3 is 15.4 Å². The minimum absolute atomic E-state index is 0.0692. The number of hydrogen-bond acceptors (Lipinski definition) is 4. The maximum atomic E-state index is 7.39. The fraction of sp³-hybridized carbons (Fsp3) is 0.455. The second kappa shape index (κ2) is 4.49. The van der Waals surface area contributed by atoms with Gasteiger partial charge >= 0.3 is 0 Å². The SMILES string of the molecule is CN(c1cc(C(=N)N)ccn1)C1CCOC1. The molecule has 1 aromatic rings. The molecule has 0 aromatic carbocycles. The molecule has 1 aliphatic rings. The van der Waals surface area contributed by atoms with Gasteiger partial charge in [-0.2, -0.15) is 0 Å². The van der Waals surface area contributed by atoms with Gasteiger partial charge in [0.25, 0.3) is 0 Å². The second-order valence-corrected chi connectivity index (χ2v) is 3.94. The number of nitrogen functional groups attached to an aromatic ring is 1. The van der Waals surface area contributed by atoms with E-state index in [1.54, 1.807) is 12.3 Å². The molecule has 0 spiro atoms. The van der Waals surface area contributed by atoms with E-state index >= 15 is 0 Å². The molecule has 1 aliphatic heterocycles. The van der Waals surface area contributed by atoms with Gasteiger partial charge in [0, 0.05) is 25.4 Å². The van der Waals surface area contributed by atoms with Crippen LogP contribution in [-0.4, -0.2) is 37.1 Å². The van der Waals surface area contributed by atoms with E-state index in [9.17, 15) is 0 Å². The van der Waals surface area contributed by atoms with Crippen LogP contribution in [0.3, 0.4) is 0 Å². The molecule has 86 valence electrons. The molecule has 1 unspecified atom stereocenters. The van der Waals surface area contributed by atoms with Crippen molar-refractivity contribution in [3.63, 3.8) is 0 Å². The second-order valence-electron chi connectivity index (χ2n) is 3.94. The zero-order chi connectivity index (χ0) is 11.5. The first-order valence-electron chi connectivity index (χ1n) is 5.29. The summed E-state index contributed by atoms with van der Waals surface area (Å²) in [6.07, 6.45) is 2.70. The Morgan fingerprint density at radius 1 is 1.69 bits per heavy atom. The van der Waals surface area contributed by atoms with Crippen LogP contribution in [0.4, 0.5) is 5.82 Å². The summed E-state index contributed by atoms with van der Waals surface area (Å²) in [5, 5.41) is 7.39. The highest BCUT2D eigenvalue weighted by Crippen LogP contribution is 2.18. The number of nitrogens with two attached hydrogens (primary N) is 1. The van der Waals surface area contributed by atoms with E-state index in [1.807, 2.05) is 13.1 Å². The maximum absolute atomic E-state index is 7.39. The molecule has 0 aliphatic carbocycles. The fourth-order valence-corrected chi connectivity index (χ4v) is 1.79. The van der Waals surface area contributed by atoms with Crippen molar-refractivity contribution in [1.82, 2.24) is 4.98 Å². The van der Waals surface area contributed by atoms with Gasteiger partial charge in [0.2, 0.25) is 0 Å². The van der Waals surface area contributed by atoms with Crippen LogP contribution in [0.1, 0.15) is 12.0 Å². The van der Waals surface area contributed by atoms with Crippen molar-refractivity contribution < 1.29 is 4.74 Å². The normalized spacial score (nSPS) is 19.7. The lowest BCUT2D eigenvalue weighted by atomic mass is 10.2. The molecule has 0 saturated carbocycles. The average molecular weight is 220 g/mol. The van der Waals surface area contributed by atoms with E-state index in [2.05, 4.69) is 9.88 Å². The number of rotatable bonds is 3. The van der Waals surface area contributed by atoms with Crippen molar-refractivity contribution in [3.05, 3.63) is 23.9 Å². The number of hydrogen-bond donors (Lipinski definition) is 2. The van der Waals surface area contributed by atoms with Crippen LogP contribution in [0.15, 0.2) is 18.3 Å². The smallest absolute Gasteiger partial charge is 0.129 e. The van der Waals surface area contributed by atoms with E-state index in [1.165, 1.54) is 0 Å². The number of amidine groups is 1. The number of ether oxygens (including phenoxy) is 1. The Labute approximate surface area is 94.7 Å². The van der Waals surface area contributed by atoms with Crippen LogP contribution >= 0.6 is 0 Å². The molecule has 1 saturated heterocycles. The first-order valence-corrected chi connectivity index (χ1v) is 5.29. The zero-order valence-corrected chi connectivity index (χ0v) is 9.31. The van der Waals surface area contributed by atoms with Crippen molar-refractivity contribution >= 4 is 11.7 Å². The van der Waals surface area contributed by atoms with Crippen molar-refractivity contribution in [2.45, 2.75) is 12.5 Å². The van der Waals surface area contributed by atoms with Gasteiger partial charge in [-0.05, 0) is 18.6 Å². The van der Waals surface area contributed by atoms with E-state index < -0.39 is 0 Å². The highest BCUT2D eigenvalue weighted by atomic mass is 16.5. The summed E-state index contributed by atoms with van der Waals surface area (Å²) < 4.78 is 5.34. The summed E-state index contributed by atoms with van der Waals surface area (Å²) in [4.78, 5) is 6.37. The van der Waals surface area contributed by atoms with Crippen molar-refractivity contribution in [3.8, 4) is 0 Å². The summed E-state index contributed by atoms with van der Waals surface area (Å²) in [6, 6.07) is 3.94. The first-order chi connectivity index (χ1) is 7.68. The van der Waals surface area contributed by atoms with Crippen LogP contribution in [0.2, 0.25) is 0 Å². The highest BCUT2D eigenvalue weighted by molar-refractivity contribution is 5.95. The number of pyridine rings is 1. The Bertz CT molecular complexity index is 387. The van der Waals surface area contributed by atoms with Gasteiger partial charge in [-0.1, -0.05) is 0 Å². The Hall–Kier alpha value is -1.62. The topological polar surface area (TPSA) is 75.2 Å². The van der Waals surface area contributed by atoms with E-state index in [-0.39, 0.29) is 5.84 Å². The van der Waals surface area contributed by atoms with Crippen LogP contribution < -0.4 is 10.6 Å².